The highest BCUT2D eigenvalue weighted by Crippen LogP contribution is 2.27. The summed E-state index contributed by atoms with van der Waals surface area (Å²) in [7, 11) is 0. The van der Waals surface area contributed by atoms with Crippen LogP contribution in [0.4, 0.5) is 15.8 Å². The van der Waals surface area contributed by atoms with Gasteiger partial charge < -0.3 is 20.7 Å². The molecular weight excluding hydrogens is 614 g/mol. The molecule has 0 bridgehead atoms. The molecule has 5 aromatic rings. The van der Waals surface area contributed by atoms with Gasteiger partial charge in [-0.3, -0.25) is 14.4 Å². The number of carbonyl (C=O) groups excluding carboxylic acids is 3. The number of rotatable bonds is 12. The Morgan fingerprint density at radius 3 is 2.15 bits per heavy atom. The molecule has 0 radical (unpaired) electrons. The second-order valence-electron chi connectivity index (χ2n) is 10.5. The van der Waals surface area contributed by atoms with Crippen LogP contribution in [-0.2, 0) is 16.2 Å². The van der Waals surface area contributed by atoms with Crippen LogP contribution in [0.3, 0.4) is 0 Å². The maximum atomic E-state index is 13.6. The van der Waals surface area contributed by atoms with Crippen molar-refractivity contribution in [3.63, 3.8) is 0 Å². The molecule has 0 aromatic heterocycles. The average molecular weight is 646 g/mol. The van der Waals surface area contributed by atoms with E-state index >= 15 is 0 Å². The Bertz CT molecular complexity index is 1850. The van der Waals surface area contributed by atoms with E-state index in [-0.39, 0.29) is 17.4 Å². The van der Waals surface area contributed by atoms with Crippen molar-refractivity contribution in [1.82, 2.24) is 5.32 Å². The molecule has 0 aliphatic heterocycles. The highest BCUT2D eigenvalue weighted by Gasteiger charge is 2.17. The van der Waals surface area contributed by atoms with E-state index < -0.39 is 17.1 Å². The fraction of sp³-hybridized carbons (Fsp3) is 0.0789. The number of halogens is 1. The molecule has 0 aliphatic carbocycles. The van der Waals surface area contributed by atoms with E-state index in [2.05, 4.69) is 16.0 Å². The summed E-state index contributed by atoms with van der Waals surface area (Å²) in [5.41, 5.74) is 3.15. The zero-order valence-electron chi connectivity index (χ0n) is 25.5. The summed E-state index contributed by atoms with van der Waals surface area (Å²) in [6.45, 7) is 2.18. The molecule has 1 unspecified atom stereocenters. The highest BCUT2D eigenvalue weighted by molar-refractivity contribution is 8.00. The minimum absolute atomic E-state index is 0.0434. The average Bonchev–Trinajstić information content (AvgIpc) is 3.09. The van der Waals surface area contributed by atoms with Crippen molar-refractivity contribution in [1.29, 1.82) is 0 Å². The quantitative estimate of drug-likeness (QED) is 0.0946. The first kappa shape index (κ1) is 32.7. The SMILES string of the molecule is CC(Sc1cccc(NC(=O)/C(=C/c2ccc(OCc3ccccc3)cc2)NC(=O)c2ccccc2)c1)C(=O)Nc1ccc(F)cc1. The van der Waals surface area contributed by atoms with Crippen LogP contribution in [0.1, 0.15) is 28.4 Å². The molecule has 0 aliphatic rings. The summed E-state index contributed by atoms with van der Waals surface area (Å²) in [6, 6.07) is 38.3. The third kappa shape index (κ3) is 9.91. The van der Waals surface area contributed by atoms with Gasteiger partial charge in [-0.1, -0.05) is 66.7 Å². The molecule has 3 amide bonds. The molecule has 5 rings (SSSR count). The fourth-order valence-electron chi connectivity index (χ4n) is 4.39. The minimum Gasteiger partial charge on any atom is -0.489 e. The van der Waals surface area contributed by atoms with Gasteiger partial charge in [0, 0.05) is 21.8 Å². The van der Waals surface area contributed by atoms with Crippen LogP contribution in [0.15, 0.2) is 144 Å². The third-order valence-electron chi connectivity index (χ3n) is 6.85. The van der Waals surface area contributed by atoms with Crippen molar-refractivity contribution in [3.8, 4) is 5.75 Å². The molecule has 0 fully saturated rings. The lowest BCUT2D eigenvalue weighted by molar-refractivity contribution is -0.115. The van der Waals surface area contributed by atoms with Crippen LogP contribution in [0.2, 0.25) is 0 Å². The van der Waals surface area contributed by atoms with Gasteiger partial charge in [-0.2, -0.15) is 0 Å². The Hall–Kier alpha value is -5.67. The van der Waals surface area contributed by atoms with Gasteiger partial charge in [0.05, 0.1) is 5.25 Å². The van der Waals surface area contributed by atoms with Crippen LogP contribution in [-0.4, -0.2) is 23.0 Å². The molecule has 7 nitrogen and oxygen atoms in total. The topological polar surface area (TPSA) is 96.5 Å². The van der Waals surface area contributed by atoms with Gasteiger partial charge in [0.1, 0.15) is 23.9 Å². The van der Waals surface area contributed by atoms with Crippen LogP contribution in [0.5, 0.6) is 5.75 Å². The molecule has 236 valence electrons. The number of ether oxygens (including phenoxy) is 1. The van der Waals surface area contributed by atoms with Crippen molar-refractivity contribution in [3.05, 3.63) is 162 Å². The van der Waals surface area contributed by atoms with E-state index in [4.69, 9.17) is 4.74 Å². The fourth-order valence-corrected chi connectivity index (χ4v) is 5.32. The second-order valence-corrected chi connectivity index (χ2v) is 11.9. The van der Waals surface area contributed by atoms with Crippen molar-refractivity contribution < 1.29 is 23.5 Å². The normalized spacial score (nSPS) is 11.7. The van der Waals surface area contributed by atoms with Crippen molar-refractivity contribution >= 4 is 46.9 Å². The summed E-state index contributed by atoms with van der Waals surface area (Å²) in [5, 5.41) is 7.90. The molecule has 0 heterocycles. The number of benzene rings is 5. The first-order valence-corrected chi connectivity index (χ1v) is 15.7. The summed E-state index contributed by atoms with van der Waals surface area (Å²) in [6.07, 6.45) is 1.59. The van der Waals surface area contributed by atoms with Crippen LogP contribution in [0.25, 0.3) is 6.08 Å². The zero-order valence-corrected chi connectivity index (χ0v) is 26.3. The van der Waals surface area contributed by atoms with Crippen molar-refractivity contribution in [2.75, 3.05) is 10.6 Å². The molecule has 5 aromatic carbocycles. The number of nitrogens with one attached hydrogen (secondary N) is 3. The predicted molar refractivity (Wildman–Crippen MR) is 185 cm³/mol. The molecule has 3 N–H and O–H groups in total. The minimum atomic E-state index is -0.525. The number of amides is 3. The number of carbonyl (C=O) groups is 3. The molecule has 9 heteroatoms. The van der Waals surface area contributed by atoms with E-state index in [1.54, 1.807) is 85.8 Å². The van der Waals surface area contributed by atoms with Crippen LogP contribution >= 0.6 is 11.8 Å². The van der Waals surface area contributed by atoms with E-state index in [1.807, 2.05) is 36.4 Å². The molecule has 47 heavy (non-hydrogen) atoms. The summed E-state index contributed by atoms with van der Waals surface area (Å²) < 4.78 is 19.1. The van der Waals surface area contributed by atoms with Gasteiger partial charge >= 0.3 is 0 Å². The van der Waals surface area contributed by atoms with E-state index in [0.717, 1.165) is 10.5 Å². The Labute approximate surface area is 276 Å². The maximum absolute atomic E-state index is 13.6. The largest absolute Gasteiger partial charge is 0.489 e. The maximum Gasteiger partial charge on any atom is 0.272 e. The number of thioether (sulfide) groups is 1. The smallest absolute Gasteiger partial charge is 0.272 e. The van der Waals surface area contributed by atoms with Gasteiger partial charge in [-0.15, -0.1) is 11.8 Å². The van der Waals surface area contributed by atoms with Gasteiger partial charge in [-0.25, -0.2) is 4.39 Å². The van der Waals surface area contributed by atoms with Gasteiger partial charge in [-0.05, 0) is 90.9 Å². The Morgan fingerprint density at radius 2 is 1.45 bits per heavy atom. The lowest BCUT2D eigenvalue weighted by atomic mass is 10.1. The molecule has 0 saturated carbocycles. The van der Waals surface area contributed by atoms with Gasteiger partial charge in [0.25, 0.3) is 11.8 Å². The number of hydrogen-bond donors (Lipinski definition) is 3. The Morgan fingerprint density at radius 1 is 0.766 bits per heavy atom. The van der Waals surface area contributed by atoms with E-state index in [0.29, 0.717) is 34.9 Å². The molecule has 0 saturated heterocycles. The predicted octanol–water partition coefficient (Wildman–Crippen LogP) is 7.93. The Balaban J connectivity index is 1.28. The lowest BCUT2D eigenvalue weighted by Crippen LogP contribution is -2.30. The van der Waals surface area contributed by atoms with Gasteiger partial charge in [0.15, 0.2) is 0 Å². The summed E-state index contributed by atoms with van der Waals surface area (Å²) in [4.78, 5) is 40.1. The van der Waals surface area contributed by atoms with Crippen LogP contribution < -0.4 is 20.7 Å². The highest BCUT2D eigenvalue weighted by atomic mass is 32.2. The van der Waals surface area contributed by atoms with E-state index in [9.17, 15) is 18.8 Å². The Kier molecular flexibility index (Phi) is 11.2. The number of anilines is 2. The lowest BCUT2D eigenvalue weighted by Gasteiger charge is -2.14. The summed E-state index contributed by atoms with van der Waals surface area (Å²) >= 11 is 1.30. The second kappa shape index (κ2) is 16.1. The van der Waals surface area contributed by atoms with Crippen molar-refractivity contribution in [2.45, 2.75) is 23.7 Å². The zero-order chi connectivity index (χ0) is 33.0. The monoisotopic (exact) mass is 645 g/mol. The molecular formula is C38H32FN3O4S. The standard InChI is InChI=1S/C38H32FN3O4S/c1-26(36(43)40-31-19-17-30(39)18-20-31)47-34-14-8-13-32(24-34)41-38(45)35(42-37(44)29-11-6-3-7-12-29)23-27-15-21-33(22-16-27)46-25-28-9-4-2-5-10-28/h2-24,26H,25H2,1H3,(H,40,43)(H,41,45)(H,42,44)/b35-23-. The molecule has 1 atom stereocenters. The third-order valence-corrected chi connectivity index (χ3v) is 7.95. The van der Waals surface area contributed by atoms with Crippen LogP contribution in [0, 0.1) is 5.82 Å². The van der Waals surface area contributed by atoms with Gasteiger partial charge in [0.2, 0.25) is 5.91 Å². The van der Waals surface area contributed by atoms with E-state index in [1.165, 1.54) is 36.0 Å². The number of hydrogen-bond acceptors (Lipinski definition) is 5. The first-order valence-electron chi connectivity index (χ1n) is 14.8. The summed E-state index contributed by atoms with van der Waals surface area (Å²) in [5.74, 6) is -0.923. The van der Waals surface area contributed by atoms with Crippen molar-refractivity contribution in [2.24, 2.45) is 0 Å². The first-order chi connectivity index (χ1) is 22.8. The molecule has 0 spiro atoms.